The van der Waals surface area contributed by atoms with Crippen molar-refractivity contribution in [2.45, 2.75) is 0 Å². The van der Waals surface area contributed by atoms with E-state index >= 15 is 0 Å². The van der Waals surface area contributed by atoms with E-state index < -0.39 is 5.91 Å². The number of rotatable bonds is 5. The average molecular weight is 339 g/mol. The fraction of sp³-hybridized carbons (Fsp3) is 0.0556. The molecule has 0 bridgehead atoms. The Morgan fingerprint density at radius 2 is 1.84 bits per heavy atom. The van der Waals surface area contributed by atoms with Crippen LogP contribution in [-0.2, 0) is 4.79 Å². The molecule has 1 N–H and O–H groups in total. The Morgan fingerprint density at radius 1 is 1.12 bits per heavy atom. The highest BCUT2D eigenvalue weighted by Gasteiger charge is 2.14. The van der Waals surface area contributed by atoms with Gasteiger partial charge in [0, 0.05) is 11.6 Å². The topological polar surface area (TPSA) is 77.2 Å². The smallest absolute Gasteiger partial charge is 0.249 e. The predicted octanol–water partition coefficient (Wildman–Crippen LogP) is 3.54. The number of hydrogen-bond donors (Lipinski definition) is 1. The molecule has 7 heteroatoms. The summed E-state index contributed by atoms with van der Waals surface area (Å²) in [7, 11) is 1.59. The van der Waals surface area contributed by atoms with Gasteiger partial charge in [0.25, 0.3) is 0 Å². The van der Waals surface area contributed by atoms with E-state index in [-0.39, 0.29) is 11.6 Å². The molecule has 0 saturated heterocycles. The number of ether oxygens (including phenoxy) is 1. The summed E-state index contributed by atoms with van der Waals surface area (Å²) >= 11 is 0. The molecular formula is C18H14FN3O3. The van der Waals surface area contributed by atoms with Crippen LogP contribution in [0.15, 0.2) is 59.2 Å². The number of nitrogens with zero attached hydrogens (tertiary/aromatic N) is 2. The Morgan fingerprint density at radius 3 is 2.52 bits per heavy atom. The molecule has 2 aromatic carbocycles. The van der Waals surface area contributed by atoms with E-state index in [2.05, 4.69) is 20.3 Å². The number of benzene rings is 2. The van der Waals surface area contributed by atoms with E-state index in [9.17, 15) is 9.18 Å². The molecule has 3 rings (SSSR count). The second-order valence-electron chi connectivity index (χ2n) is 5.06. The van der Waals surface area contributed by atoms with Crippen LogP contribution in [0.5, 0.6) is 5.75 Å². The maximum absolute atomic E-state index is 13.0. The lowest BCUT2D eigenvalue weighted by Crippen LogP contribution is -2.09. The van der Waals surface area contributed by atoms with Crippen molar-refractivity contribution in [2.75, 3.05) is 12.4 Å². The third-order valence-corrected chi connectivity index (χ3v) is 3.39. The molecule has 126 valence electrons. The summed E-state index contributed by atoms with van der Waals surface area (Å²) in [6.07, 6.45) is 3.02. The minimum absolute atomic E-state index is 0.163. The van der Waals surface area contributed by atoms with Crippen molar-refractivity contribution in [3.05, 3.63) is 66.0 Å². The van der Waals surface area contributed by atoms with Gasteiger partial charge in [-0.05, 0) is 58.4 Å². The molecule has 0 atom stereocenters. The third kappa shape index (κ3) is 4.08. The van der Waals surface area contributed by atoms with Crippen molar-refractivity contribution in [1.82, 2.24) is 10.3 Å². The van der Waals surface area contributed by atoms with Crippen molar-refractivity contribution < 1.29 is 18.6 Å². The van der Waals surface area contributed by atoms with Gasteiger partial charge < -0.3 is 10.1 Å². The molecule has 0 fully saturated rings. The highest BCUT2D eigenvalue weighted by Crippen LogP contribution is 2.24. The minimum atomic E-state index is -0.394. The van der Waals surface area contributed by atoms with Gasteiger partial charge in [-0.3, -0.25) is 4.79 Å². The van der Waals surface area contributed by atoms with Crippen molar-refractivity contribution in [2.24, 2.45) is 0 Å². The van der Waals surface area contributed by atoms with Gasteiger partial charge in [0.1, 0.15) is 11.6 Å². The molecule has 6 nitrogen and oxygen atoms in total. The molecule has 0 aliphatic heterocycles. The number of nitrogens with one attached hydrogen (secondary N) is 1. The van der Waals surface area contributed by atoms with Gasteiger partial charge >= 0.3 is 0 Å². The lowest BCUT2D eigenvalue weighted by atomic mass is 10.1. The Hall–Kier alpha value is -3.48. The van der Waals surface area contributed by atoms with E-state index in [0.717, 1.165) is 11.3 Å². The van der Waals surface area contributed by atoms with Crippen molar-refractivity contribution in [3.8, 4) is 17.0 Å². The zero-order valence-electron chi connectivity index (χ0n) is 13.3. The summed E-state index contributed by atoms with van der Waals surface area (Å²) in [6, 6.07) is 12.9. The fourth-order valence-electron chi connectivity index (χ4n) is 2.11. The zero-order chi connectivity index (χ0) is 17.6. The number of carbonyl (C=O) groups is 1. The van der Waals surface area contributed by atoms with Crippen molar-refractivity contribution >= 4 is 17.8 Å². The first-order valence-corrected chi connectivity index (χ1v) is 7.37. The Balaban J connectivity index is 1.70. The number of methoxy groups -OCH3 is 1. The van der Waals surface area contributed by atoms with Gasteiger partial charge in [-0.1, -0.05) is 12.1 Å². The Kier molecular flexibility index (Phi) is 4.84. The molecule has 0 aliphatic carbocycles. The molecule has 0 spiro atoms. The van der Waals surface area contributed by atoms with Crippen LogP contribution in [-0.4, -0.2) is 23.3 Å². The van der Waals surface area contributed by atoms with Gasteiger partial charge in [0.2, 0.25) is 11.7 Å². The Bertz CT molecular complexity index is 887. The van der Waals surface area contributed by atoms with E-state index in [1.807, 2.05) is 12.1 Å². The number of anilines is 1. The number of hydrogen-bond acceptors (Lipinski definition) is 5. The second kappa shape index (κ2) is 7.39. The van der Waals surface area contributed by atoms with E-state index in [1.54, 1.807) is 25.3 Å². The summed E-state index contributed by atoms with van der Waals surface area (Å²) in [5.74, 6) is 0.137. The van der Waals surface area contributed by atoms with Gasteiger partial charge in [0.05, 0.1) is 7.11 Å². The number of carbonyl (C=O) groups excluding carboxylic acids is 1. The first-order valence-electron chi connectivity index (χ1n) is 7.37. The average Bonchev–Trinajstić information content (AvgIpc) is 3.09. The van der Waals surface area contributed by atoms with Crippen LogP contribution in [0.2, 0.25) is 0 Å². The van der Waals surface area contributed by atoms with E-state index in [4.69, 9.17) is 4.74 Å². The minimum Gasteiger partial charge on any atom is -0.497 e. The number of amides is 1. The molecule has 0 unspecified atom stereocenters. The molecule has 1 heterocycles. The molecule has 0 saturated carbocycles. The van der Waals surface area contributed by atoms with Gasteiger partial charge in [-0.15, -0.1) is 0 Å². The normalized spacial score (nSPS) is 10.8. The maximum atomic E-state index is 13.0. The molecule has 0 radical (unpaired) electrons. The highest BCUT2D eigenvalue weighted by atomic mass is 19.1. The molecule has 1 aromatic heterocycles. The Labute approximate surface area is 142 Å². The van der Waals surface area contributed by atoms with Gasteiger partial charge in [0.15, 0.2) is 5.69 Å². The summed E-state index contributed by atoms with van der Waals surface area (Å²) in [6.45, 7) is 0. The van der Waals surface area contributed by atoms with Crippen LogP contribution >= 0.6 is 0 Å². The summed E-state index contributed by atoms with van der Waals surface area (Å²) in [4.78, 5) is 12.1. The molecular weight excluding hydrogens is 325 g/mol. The number of halogens is 1. The van der Waals surface area contributed by atoms with Crippen LogP contribution in [0, 0.1) is 5.82 Å². The summed E-state index contributed by atoms with van der Waals surface area (Å²) < 4.78 is 22.8. The van der Waals surface area contributed by atoms with Gasteiger partial charge in [-0.2, -0.15) is 0 Å². The molecule has 3 aromatic rings. The lowest BCUT2D eigenvalue weighted by molar-refractivity contribution is -0.111. The largest absolute Gasteiger partial charge is 0.497 e. The predicted molar refractivity (Wildman–Crippen MR) is 90.3 cm³/mol. The van der Waals surface area contributed by atoms with Crippen molar-refractivity contribution in [3.63, 3.8) is 0 Å². The summed E-state index contributed by atoms with van der Waals surface area (Å²) in [5, 5.41) is 10.0. The van der Waals surface area contributed by atoms with E-state index in [0.29, 0.717) is 11.3 Å². The van der Waals surface area contributed by atoms with Crippen LogP contribution in [0.1, 0.15) is 5.56 Å². The summed E-state index contributed by atoms with van der Waals surface area (Å²) in [5.41, 5.74) is 1.75. The van der Waals surface area contributed by atoms with Crippen LogP contribution in [0.25, 0.3) is 17.3 Å². The van der Waals surface area contributed by atoms with Crippen LogP contribution < -0.4 is 10.1 Å². The first-order chi connectivity index (χ1) is 12.2. The monoisotopic (exact) mass is 339 g/mol. The number of aromatic nitrogens is 2. The zero-order valence-corrected chi connectivity index (χ0v) is 13.3. The SMILES string of the molecule is COc1ccc(/C=C/C(=O)Nc2nonc2-c2ccc(F)cc2)cc1. The standard InChI is InChI=1S/C18H14FN3O3/c1-24-15-9-2-12(3-10-15)4-11-16(23)20-18-17(21-25-22-18)13-5-7-14(19)8-6-13/h2-11H,1H3,(H,20,22,23)/b11-4+. The highest BCUT2D eigenvalue weighted by molar-refractivity contribution is 6.02. The van der Waals surface area contributed by atoms with Crippen LogP contribution in [0.4, 0.5) is 10.2 Å². The quantitative estimate of drug-likeness (QED) is 0.720. The molecule has 1 amide bonds. The van der Waals surface area contributed by atoms with Gasteiger partial charge in [-0.25, -0.2) is 9.02 Å². The maximum Gasteiger partial charge on any atom is 0.249 e. The van der Waals surface area contributed by atoms with Crippen molar-refractivity contribution in [1.29, 1.82) is 0 Å². The first kappa shape index (κ1) is 16.4. The molecule has 25 heavy (non-hydrogen) atoms. The lowest BCUT2D eigenvalue weighted by Gasteiger charge is -2.01. The fourth-order valence-corrected chi connectivity index (χ4v) is 2.11. The van der Waals surface area contributed by atoms with Crippen LogP contribution in [0.3, 0.4) is 0 Å². The second-order valence-corrected chi connectivity index (χ2v) is 5.06. The third-order valence-electron chi connectivity index (χ3n) is 3.39. The molecule has 0 aliphatic rings. The van der Waals surface area contributed by atoms with E-state index in [1.165, 1.54) is 30.3 Å².